The first-order valence-electron chi connectivity index (χ1n) is 7.42. The van der Waals surface area contributed by atoms with Crippen molar-refractivity contribution in [3.63, 3.8) is 0 Å². The van der Waals surface area contributed by atoms with Gasteiger partial charge in [-0.3, -0.25) is 0 Å². The van der Waals surface area contributed by atoms with E-state index in [2.05, 4.69) is 37.3 Å². The van der Waals surface area contributed by atoms with Crippen molar-refractivity contribution in [2.75, 3.05) is 0 Å². The Bertz CT molecular complexity index is 750. The summed E-state index contributed by atoms with van der Waals surface area (Å²) in [6.45, 7) is 2.22. The van der Waals surface area contributed by atoms with Gasteiger partial charge >= 0.3 is 0 Å². The number of halogens is 1. The predicted molar refractivity (Wildman–Crippen MR) is 90.8 cm³/mol. The number of rotatable bonds is 4. The molecule has 0 aliphatic heterocycles. The van der Waals surface area contributed by atoms with E-state index in [1.807, 2.05) is 24.3 Å². The summed E-state index contributed by atoms with van der Waals surface area (Å²) in [4.78, 5) is 4.80. The van der Waals surface area contributed by atoms with Gasteiger partial charge in [-0.05, 0) is 42.7 Å². The van der Waals surface area contributed by atoms with Gasteiger partial charge < -0.3 is 0 Å². The molecule has 0 saturated heterocycles. The second kappa shape index (κ2) is 6.28. The highest BCUT2D eigenvalue weighted by atomic mass is 35.5. The Morgan fingerprint density at radius 1 is 1.00 bits per heavy atom. The molecule has 0 aliphatic carbocycles. The van der Waals surface area contributed by atoms with Gasteiger partial charge in [-0.2, -0.15) is 0 Å². The molecule has 3 aromatic rings. The standard InChI is InChI=1S/C19H18ClN/c1-2-3-7-15-12-19(14-8-5-4-6-9-14)21-18-11-10-16(20)13-17(15)18/h4-6,8-13H,2-3,7H2,1H3. The summed E-state index contributed by atoms with van der Waals surface area (Å²) in [6.07, 6.45) is 3.43. The minimum absolute atomic E-state index is 0.773. The first-order chi connectivity index (χ1) is 10.3. The Labute approximate surface area is 130 Å². The Morgan fingerprint density at radius 2 is 1.81 bits per heavy atom. The van der Waals surface area contributed by atoms with Crippen LogP contribution in [0.5, 0.6) is 0 Å². The molecule has 0 atom stereocenters. The van der Waals surface area contributed by atoms with Gasteiger partial charge in [0.15, 0.2) is 0 Å². The average molecular weight is 296 g/mol. The molecule has 0 fully saturated rings. The third kappa shape index (κ3) is 3.08. The Kier molecular flexibility index (Phi) is 4.21. The summed E-state index contributed by atoms with van der Waals surface area (Å²) < 4.78 is 0. The van der Waals surface area contributed by atoms with E-state index in [1.54, 1.807) is 0 Å². The number of nitrogens with zero attached hydrogens (tertiary/aromatic N) is 1. The lowest BCUT2D eigenvalue weighted by atomic mass is 10.0. The third-order valence-corrected chi connectivity index (χ3v) is 3.96. The van der Waals surface area contributed by atoms with Crippen LogP contribution >= 0.6 is 11.6 Å². The van der Waals surface area contributed by atoms with E-state index in [-0.39, 0.29) is 0 Å². The fourth-order valence-electron chi connectivity index (χ4n) is 2.60. The molecule has 1 aromatic heterocycles. The van der Waals surface area contributed by atoms with Crippen molar-refractivity contribution in [2.45, 2.75) is 26.2 Å². The summed E-state index contributed by atoms with van der Waals surface area (Å²) in [5, 5.41) is 1.95. The van der Waals surface area contributed by atoms with Gasteiger partial charge in [-0.25, -0.2) is 4.98 Å². The number of pyridine rings is 1. The minimum Gasteiger partial charge on any atom is -0.248 e. The van der Waals surface area contributed by atoms with Crippen LogP contribution < -0.4 is 0 Å². The zero-order valence-electron chi connectivity index (χ0n) is 12.1. The van der Waals surface area contributed by atoms with Crippen molar-refractivity contribution >= 4 is 22.5 Å². The molecular formula is C19H18ClN. The monoisotopic (exact) mass is 295 g/mol. The number of fused-ring (bicyclic) bond motifs is 1. The SMILES string of the molecule is CCCCc1cc(-c2ccccc2)nc2ccc(Cl)cc12. The van der Waals surface area contributed by atoms with Crippen molar-refractivity contribution < 1.29 is 0 Å². The van der Waals surface area contributed by atoms with Crippen LogP contribution in [-0.4, -0.2) is 4.98 Å². The molecule has 2 heteroatoms. The van der Waals surface area contributed by atoms with Gasteiger partial charge in [0.1, 0.15) is 0 Å². The molecule has 0 bridgehead atoms. The lowest BCUT2D eigenvalue weighted by molar-refractivity contribution is 0.798. The van der Waals surface area contributed by atoms with Crippen LogP contribution in [0.2, 0.25) is 5.02 Å². The van der Waals surface area contributed by atoms with Crippen LogP contribution in [0, 0.1) is 0 Å². The molecule has 0 N–H and O–H groups in total. The van der Waals surface area contributed by atoms with Gasteiger partial charge in [0, 0.05) is 16.0 Å². The fraction of sp³-hybridized carbons (Fsp3) is 0.211. The molecule has 0 aliphatic rings. The molecule has 2 aromatic carbocycles. The molecule has 1 heterocycles. The number of aromatic nitrogens is 1. The van der Waals surface area contributed by atoms with Gasteiger partial charge in [0.05, 0.1) is 11.2 Å². The molecule has 106 valence electrons. The molecule has 21 heavy (non-hydrogen) atoms. The molecule has 3 rings (SSSR count). The number of hydrogen-bond acceptors (Lipinski definition) is 1. The van der Waals surface area contributed by atoms with Gasteiger partial charge in [0.25, 0.3) is 0 Å². The molecular weight excluding hydrogens is 278 g/mol. The third-order valence-electron chi connectivity index (χ3n) is 3.73. The van der Waals surface area contributed by atoms with Crippen molar-refractivity contribution in [3.8, 4) is 11.3 Å². The van der Waals surface area contributed by atoms with E-state index in [9.17, 15) is 0 Å². The molecule has 0 spiro atoms. The highest BCUT2D eigenvalue weighted by molar-refractivity contribution is 6.31. The molecule has 0 saturated carbocycles. The number of hydrogen-bond donors (Lipinski definition) is 0. The lowest BCUT2D eigenvalue weighted by Crippen LogP contribution is -1.93. The van der Waals surface area contributed by atoms with Crippen LogP contribution in [0.3, 0.4) is 0 Å². The van der Waals surface area contributed by atoms with Crippen LogP contribution in [-0.2, 0) is 6.42 Å². The first kappa shape index (κ1) is 14.1. The summed E-state index contributed by atoms with van der Waals surface area (Å²) in [6, 6.07) is 18.5. The highest BCUT2D eigenvalue weighted by Crippen LogP contribution is 2.27. The second-order valence-corrected chi connectivity index (χ2v) is 5.73. The van der Waals surface area contributed by atoms with E-state index in [1.165, 1.54) is 23.8 Å². The summed E-state index contributed by atoms with van der Waals surface area (Å²) in [5.74, 6) is 0. The maximum Gasteiger partial charge on any atom is 0.0713 e. The fourth-order valence-corrected chi connectivity index (χ4v) is 2.77. The number of unbranched alkanes of at least 4 members (excludes halogenated alkanes) is 1. The van der Waals surface area contributed by atoms with Crippen molar-refractivity contribution in [1.82, 2.24) is 4.98 Å². The van der Waals surface area contributed by atoms with Crippen LogP contribution in [0.25, 0.3) is 22.2 Å². The topological polar surface area (TPSA) is 12.9 Å². The average Bonchev–Trinajstić information content (AvgIpc) is 2.53. The lowest BCUT2D eigenvalue weighted by Gasteiger charge is -2.10. The quantitative estimate of drug-likeness (QED) is 0.584. The largest absolute Gasteiger partial charge is 0.248 e. The maximum atomic E-state index is 6.15. The van der Waals surface area contributed by atoms with Crippen LogP contribution in [0.15, 0.2) is 54.6 Å². The Balaban J connectivity index is 2.17. The van der Waals surface area contributed by atoms with Crippen molar-refractivity contribution in [2.24, 2.45) is 0 Å². The molecule has 0 amide bonds. The Morgan fingerprint density at radius 3 is 2.57 bits per heavy atom. The van der Waals surface area contributed by atoms with Gasteiger partial charge in [0.2, 0.25) is 0 Å². The van der Waals surface area contributed by atoms with Crippen LogP contribution in [0.1, 0.15) is 25.3 Å². The second-order valence-electron chi connectivity index (χ2n) is 5.30. The molecule has 0 unspecified atom stereocenters. The highest BCUT2D eigenvalue weighted by Gasteiger charge is 2.08. The van der Waals surface area contributed by atoms with E-state index in [4.69, 9.17) is 16.6 Å². The van der Waals surface area contributed by atoms with Crippen LogP contribution in [0.4, 0.5) is 0 Å². The number of aryl methyl sites for hydroxylation is 1. The predicted octanol–water partition coefficient (Wildman–Crippen LogP) is 5.90. The minimum atomic E-state index is 0.773. The van der Waals surface area contributed by atoms with Crippen molar-refractivity contribution in [1.29, 1.82) is 0 Å². The normalized spacial score (nSPS) is 11.0. The summed E-state index contributed by atoms with van der Waals surface area (Å²) in [5.41, 5.74) is 4.55. The van der Waals surface area contributed by atoms with E-state index in [0.29, 0.717) is 0 Å². The van der Waals surface area contributed by atoms with Gasteiger partial charge in [-0.15, -0.1) is 0 Å². The zero-order chi connectivity index (χ0) is 14.7. The van der Waals surface area contributed by atoms with E-state index in [0.717, 1.165) is 28.2 Å². The molecule has 1 nitrogen and oxygen atoms in total. The van der Waals surface area contributed by atoms with E-state index < -0.39 is 0 Å². The molecule has 0 radical (unpaired) electrons. The first-order valence-corrected chi connectivity index (χ1v) is 7.80. The maximum absolute atomic E-state index is 6.15. The zero-order valence-corrected chi connectivity index (χ0v) is 12.9. The summed E-state index contributed by atoms with van der Waals surface area (Å²) >= 11 is 6.15. The van der Waals surface area contributed by atoms with Gasteiger partial charge in [-0.1, -0.05) is 55.3 Å². The van der Waals surface area contributed by atoms with E-state index >= 15 is 0 Å². The number of benzene rings is 2. The van der Waals surface area contributed by atoms with Crippen molar-refractivity contribution in [3.05, 3.63) is 65.2 Å². The summed E-state index contributed by atoms with van der Waals surface area (Å²) in [7, 11) is 0. The Hall–Kier alpha value is -1.86. The smallest absolute Gasteiger partial charge is 0.0713 e.